The Hall–Kier alpha value is -2.28. The van der Waals surface area contributed by atoms with Gasteiger partial charge in [-0.3, -0.25) is 19.9 Å². The number of rotatable bonds is 3. The number of aromatic nitrogens is 2. The first-order chi connectivity index (χ1) is 8.75. The van der Waals surface area contributed by atoms with Gasteiger partial charge in [-0.1, -0.05) is 6.07 Å². The van der Waals surface area contributed by atoms with E-state index in [-0.39, 0.29) is 6.54 Å². The van der Waals surface area contributed by atoms with Crippen LogP contribution in [0.25, 0.3) is 0 Å². The Morgan fingerprint density at radius 3 is 2.72 bits per heavy atom. The molecule has 0 unspecified atom stereocenters. The summed E-state index contributed by atoms with van der Waals surface area (Å²) in [5, 5.41) is 6.97. The lowest BCUT2D eigenvalue weighted by atomic mass is 10.3. The highest BCUT2D eigenvalue weighted by molar-refractivity contribution is 7.13. The minimum Gasteiger partial charge on any atom is -0.342 e. The zero-order valence-corrected chi connectivity index (χ0v) is 10.1. The Morgan fingerprint density at radius 2 is 2.06 bits per heavy atom. The quantitative estimate of drug-likeness (QED) is 0.801. The molecule has 0 saturated heterocycles. The van der Waals surface area contributed by atoms with E-state index in [2.05, 4.69) is 20.6 Å². The summed E-state index contributed by atoms with van der Waals surface area (Å²) in [5.74, 6) is -1.45. The van der Waals surface area contributed by atoms with E-state index in [1.807, 2.05) is 6.07 Å². The van der Waals surface area contributed by atoms with Crippen LogP contribution in [0.4, 0.5) is 5.13 Å². The van der Waals surface area contributed by atoms with Crippen molar-refractivity contribution in [2.24, 2.45) is 0 Å². The van der Waals surface area contributed by atoms with Crippen molar-refractivity contribution in [1.82, 2.24) is 15.3 Å². The lowest BCUT2D eigenvalue weighted by Crippen LogP contribution is -2.35. The molecule has 2 heterocycles. The van der Waals surface area contributed by atoms with Crippen molar-refractivity contribution in [2.45, 2.75) is 6.54 Å². The topological polar surface area (TPSA) is 84.0 Å². The molecule has 0 aliphatic carbocycles. The summed E-state index contributed by atoms with van der Waals surface area (Å²) in [7, 11) is 0. The van der Waals surface area contributed by atoms with Gasteiger partial charge in [0.25, 0.3) is 0 Å². The zero-order valence-electron chi connectivity index (χ0n) is 9.29. The van der Waals surface area contributed by atoms with Crippen LogP contribution in [0.15, 0.2) is 36.0 Å². The second-order valence-corrected chi connectivity index (χ2v) is 4.19. The summed E-state index contributed by atoms with van der Waals surface area (Å²) in [6.07, 6.45) is 3.17. The van der Waals surface area contributed by atoms with Crippen molar-refractivity contribution >= 4 is 28.3 Å². The summed E-state index contributed by atoms with van der Waals surface area (Å²) in [4.78, 5) is 30.8. The summed E-state index contributed by atoms with van der Waals surface area (Å²) in [6.45, 7) is 0.213. The summed E-state index contributed by atoms with van der Waals surface area (Å²) in [6, 6.07) is 5.35. The average Bonchev–Trinajstić information content (AvgIpc) is 2.90. The maximum atomic E-state index is 11.5. The number of nitrogens with one attached hydrogen (secondary N) is 2. The van der Waals surface area contributed by atoms with Crippen LogP contribution >= 0.6 is 11.3 Å². The summed E-state index contributed by atoms with van der Waals surface area (Å²) in [5.41, 5.74) is 0.688. The standard InChI is InChI=1S/C11H10N4O2S/c16-9(10(17)15-11-13-5-6-18-11)14-7-8-3-1-2-4-12-8/h1-6H,7H2,(H,14,16)(H,13,15,17). The van der Waals surface area contributed by atoms with E-state index in [0.717, 1.165) is 0 Å². The first-order valence-electron chi connectivity index (χ1n) is 5.14. The SMILES string of the molecule is O=C(NCc1ccccn1)C(=O)Nc1nccs1. The van der Waals surface area contributed by atoms with Gasteiger partial charge >= 0.3 is 11.8 Å². The van der Waals surface area contributed by atoms with Gasteiger partial charge in [0.1, 0.15) is 0 Å². The molecule has 0 radical (unpaired) electrons. The van der Waals surface area contributed by atoms with Crippen LogP contribution in [0.3, 0.4) is 0 Å². The molecular formula is C11H10N4O2S. The van der Waals surface area contributed by atoms with Gasteiger partial charge in [-0.05, 0) is 12.1 Å². The van der Waals surface area contributed by atoms with E-state index in [1.165, 1.54) is 11.3 Å². The van der Waals surface area contributed by atoms with Gasteiger partial charge in [0, 0.05) is 17.8 Å². The number of amides is 2. The van der Waals surface area contributed by atoms with Crippen molar-refractivity contribution in [1.29, 1.82) is 0 Å². The minimum atomic E-state index is -0.735. The minimum absolute atomic E-state index is 0.213. The molecule has 0 aromatic carbocycles. The van der Waals surface area contributed by atoms with Gasteiger partial charge < -0.3 is 5.32 Å². The van der Waals surface area contributed by atoms with Gasteiger partial charge in [-0.2, -0.15) is 0 Å². The van der Waals surface area contributed by atoms with Gasteiger partial charge in [0.15, 0.2) is 5.13 Å². The van der Waals surface area contributed by atoms with Gasteiger partial charge in [0.2, 0.25) is 0 Å². The number of carbonyl (C=O) groups excluding carboxylic acids is 2. The second kappa shape index (κ2) is 5.87. The van der Waals surface area contributed by atoms with Crippen LogP contribution in [0.5, 0.6) is 0 Å². The fourth-order valence-electron chi connectivity index (χ4n) is 1.19. The highest BCUT2D eigenvalue weighted by atomic mass is 32.1. The Bertz CT molecular complexity index is 527. The Balaban J connectivity index is 1.83. The molecule has 2 amide bonds. The predicted octanol–water partition coefficient (Wildman–Crippen LogP) is 0.793. The van der Waals surface area contributed by atoms with E-state index < -0.39 is 11.8 Å². The Labute approximate surface area is 107 Å². The highest BCUT2D eigenvalue weighted by Crippen LogP contribution is 2.09. The van der Waals surface area contributed by atoms with E-state index >= 15 is 0 Å². The molecule has 6 nitrogen and oxygen atoms in total. The van der Waals surface area contributed by atoms with Crippen molar-refractivity contribution in [3.05, 3.63) is 41.7 Å². The van der Waals surface area contributed by atoms with Crippen LogP contribution in [0.1, 0.15) is 5.69 Å². The Kier molecular flexibility index (Phi) is 3.98. The molecule has 0 aliphatic heterocycles. The maximum Gasteiger partial charge on any atom is 0.315 e. The van der Waals surface area contributed by atoms with Gasteiger partial charge in [-0.25, -0.2) is 4.98 Å². The fraction of sp³-hybridized carbons (Fsp3) is 0.0909. The lowest BCUT2D eigenvalue weighted by molar-refractivity contribution is -0.136. The van der Waals surface area contributed by atoms with Crippen LogP contribution in [-0.4, -0.2) is 21.8 Å². The number of carbonyl (C=O) groups is 2. The lowest BCUT2D eigenvalue weighted by Gasteiger charge is -2.03. The molecular weight excluding hydrogens is 252 g/mol. The van der Waals surface area contributed by atoms with Crippen LogP contribution in [-0.2, 0) is 16.1 Å². The molecule has 2 aromatic heterocycles. The molecule has 0 saturated carbocycles. The largest absolute Gasteiger partial charge is 0.342 e. The van der Waals surface area contributed by atoms with E-state index in [4.69, 9.17) is 0 Å². The first kappa shape index (κ1) is 12.2. The third-order valence-electron chi connectivity index (χ3n) is 2.02. The predicted molar refractivity (Wildman–Crippen MR) is 66.8 cm³/mol. The number of thiazole rings is 1. The van der Waals surface area contributed by atoms with Crippen molar-refractivity contribution in [3.8, 4) is 0 Å². The zero-order chi connectivity index (χ0) is 12.8. The molecule has 0 atom stereocenters. The summed E-state index contributed by atoms with van der Waals surface area (Å²) < 4.78 is 0. The van der Waals surface area contributed by atoms with Crippen LogP contribution in [0.2, 0.25) is 0 Å². The number of nitrogens with zero attached hydrogens (tertiary/aromatic N) is 2. The number of hydrogen-bond donors (Lipinski definition) is 2. The average molecular weight is 262 g/mol. The maximum absolute atomic E-state index is 11.5. The molecule has 0 spiro atoms. The smallest absolute Gasteiger partial charge is 0.315 e. The highest BCUT2D eigenvalue weighted by Gasteiger charge is 2.14. The van der Waals surface area contributed by atoms with Gasteiger partial charge in [-0.15, -0.1) is 11.3 Å². The molecule has 0 fully saturated rings. The Morgan fingerprint density at radius 1 is 1.17 bits per heavy atom. The molecule has 2 N–H and O–H groups in total. The summed E-state index contributed by atoms with van der Waals surface area (Å²) >= 11 is 1.25. The van der Waals surface area contributed by atoms with E-state index in [1.54, 1.807) is 29.9 Å². The fourth-order valence-corrected chi connectivity index (χ4v) is 1.72. The van der Waals surface area contributed by atoms with Crippen molar-refractivity contribution < 1.29 is 9.59 Å². The van der Waals surface area contributed by atoms with E-state index in [0.29, 0.717) is 10.8 Å². The molecule has 92 valence electrons. The molecule has 0 bridgehead atoms. The third kappa shape index (κ3) is 3.36. The molecule has 7 heteroatoms. The van der Waals surface area contributed by atoms with Crippen LogP contribution < -0.4 is 10.6 Å². The molecule has 2 rings (SSSR count). The van der Waals surface area contributed by atoms with E-state index in [9.17, 15) is 9.59 Å². The normalized spacial score (nSPS) is 9.78. The first-order valence-corrected chi connectivity index (χ1v) is 6.02. The number of hydrogen-bond acceptors (Lipinski definition) is 5. The molecule has 0 aliphatic rings. The monoisotopic (exact) mass is 262 g/mol. The second-order valence-electron chi connectivity index (χ2n) is 3.30. The number of anilines is 1. The third-order valence-corrected chi connectivity index (χ3v) is 2.70. The molecule has 2 aromatic rings. The van der Waals surface area contributed by atoms with Crippen LogP contribution in [0, 0.1) is 0 Å². The van der Waals surface area contributed by atoms with Crippen molar-refractivity contribution in [3.63, 3.8) is 0 Å². The molecule has 18 heavy (non-hydrogen) atoms. The van der Waals surface area contributed by atoms with Crippen molar-refractivity contribution in [2.75, 3.05) is 5.32 Å². The van der Waals surface area contributed by atoms with Gasteiger partial charge in [0.05, 0.1) is 12.2 Å². The number of pyridine rings is 1.